The topological polar surface area (TPSA) is 85.0 Å². The first-order valence-electron chi connectivity index (χ1n) is 10.3. The van der Waals surface area contributed by atoms with E-state index in [4.69, 9.17) is 9.52 Å². The molecule has 9 heteroatoms. The van der Waals surface area contributed by atoms with E-state index in [-0.39, 0.29) is 5.91 Å². The number of benzene rings is 2. The molecule has 33 heavy (non-hydrogen) atoms. The summed E-state index contributed by atoms with van der Waals surface area (Å²) in [6.07, 6.45) is 0. The third kappa shape index (κ3) is 4.60. The number of aromatic nitrogens is 3. The van der Waals surface area contributed by atoms with Gasteiger partial charge in [0.05, 0.1) is 5.57 Å². The van der Waals surface area contributed by atoms with Crippen molar-refractivity contribution in [3.8, 4) is 0 Å². The van der Waals surface area contributed by atoms with Gasteiger partial charge in [0.2, 0.25) is 11.1 Å². The largest absolute Gasteiger partial charge is 0.452 e. The Balaban J connectivity index is 1.48. The fraction of sp³-hybridized carbons (Fsp3) is 0.125. The lowest BCUT2D eigenvalue weighted by atomic mass is 10.00. The first kappa shape index (κ1) is 21.5. The Bertz CT molecular complexity index is 1320. The van der Waals surface area contributed by atoms with Crippen molar-refractivity contribution in [2.45, 2.75) is 23.9 Å². The molecule has 5 rings (SSSR count). The van der Waals surface area contributed by atoms with Crippen LogP contribution in [0.5, 0.6) is 0 Å². The minimum Gasteiger partial charge on any atom is -0.452 e. The molecule has 0 bridgehead atoms. The van der Waals surface area contributed by atoms with Crippen LogP contribution in [0.15, 0.2) is 98.3 Å². The van der Waals surface area contributed by atoms with Crippen LogP contribution in [0, 0.1) is 0 Å². The Hall–Kier alpha value is -3.30. The second-order valence-electron chi connectivity index (χ2n) is 7.47. The van der Waals surface area contributed by atoms with Crippen LogP contribution >= 0.6 is 27.7 Å². The van der Waals surface area contributed by atoms with Gasteiger partial charge >= 0.3 is 0 Å². The van der Waals surface area contributed by atoms with Gasteiger partial charge in [0.25, 0.3) is 5.91 Å². The van der Waals surface area contributed by atoms with Gasteiger partial charge in [0.15, 0.2) is 4.67 Å². The third-order valence-corrected chi connectivity index (χ3v) is 6.52. The van der Waals surface area contributed by atoms with Crippen LogP contribution in [0.4, 0.5) is 11.6 Å². The highest BCUT2D eigenvalue weighted by Crippen LogP contribution is 2.38. The molecular weight excluding hydrogens is 502 g/mol. The van der Waals surface area contributed by atoms with Crippen molar-refractivity contribution in [3.05, 3.63) is 100 Å². The van der Waals surface area contributed by atoms with E-state index in [2.05, 4.69) is 43.7 Å². The maximum absolute atomic E-state index is 13.4. The molecule has 0 saturated heterocycles. The Morgan fingerprint density at radius 1 is 1.12 bits per heavy atom. The van der Waals surface area contributed by atoms with Crippen LogP contribution in [-0.2, 0) is 10.5 Å². The number of halogens is 1. The molecule has 7 nitrogen and oxygen atoms in total. The zero-order valence-electron chi connectivity index (χ0n) is 17.7. The normalized spacial score (nSPS) is 15.2. The molecule has 1 aliphatic rings. The Morgan fingerprint density at radius 3 is 2.55 bits per heavy atom. The van der Waals surface area contributed by atoms with Gasteiger partial charge in [-0.15, -0.1) is 5.10 Å². The van der Waals surface area contributed by atoms with Crippen LogP contribution in [0.3, 0.4) is 0 Å². The zero-order valence-corrected chi connectivity index (χ0v) is 20.1. The molecular formula is C24H20BrN5O2S. The lowest BCUT2D eigenvalue weighted by Gasteiger charge is -2.27. The number of furan rings is 1. The molecule has 3 heterocycles. The first-order valence-corrected chi connectivity index (χ1v) is 12.1. The summed E-state index contributed by atoms with van der Waals surface area (Å²) in [6.45, 7) is 1.86. The van der Waals surface area contributed by atoms with Crippen LogP contribution in [0.1, 0.15) is 24.3 Å². The van der Waals surface area contributed by atoms with Gasteiger partial charge in [-0.1, -0.05) is 60.3 Å². The molecule has 1 unspecified atom stereocenters. The number of nitrogens with zero attached hydrogens (tertiary/aromatic N) is 3. The molecule has 1 amide bonds. The second-order valence-corrected chi connectivity index (χ2v) is 9.19. The molecule has 0 spiro atoms. The number of carbonyl (C=O) groups is 1. The summed E-state index contributed by atoms with van der Waals surface area (Å²) in [4.78, 5) is 18.0. The number of amides is 1. The number of para-hydroxylation sites is 1. The lowest BCUT2D eigenvalue weighted by molar-refractivity contribution is -0.113. The highest BCUT2D eigenvalue weighted by atomic mass is 79.9. The van der Waals surface area contributed by atoms with Gasteiger partial charge in [-0.05, 0) is 52.7 Å². The molecule has 4 aromatic rings. The third-order valence-electron chi connectivity index (χ3n) is 5.18. The van der Waals surface area contributed by atoms with Crippen molar-refractivity contribution in [1.29, 1.82) is 0 Å². The number of carbonyl (C=O) groups excluding carboxylic acids is 1. The summed E-state index contributed by atoms with van der Waals surface area (Å²) in [5.74, 6) is 1.67. The summed E-state index contributed by atoms with van der Waals surface area (Å²) >= 11 is 4.91. The van der Waals surface area contributed by atoms with Crippen LogP contribution < -0.4 is 10.6 Å². The van der Waals surface area contributed by atoms with Crippen molar-refractivity contribution in [3.63, 3.8) is 0 Å². The molecule has 2 N–H and O–H groups in total. The van der Waals surface area contributed by atoms with Gasteiger partial charge in [-0.25, -0.2) is 4.68 Å². The number of anilines is 2. The van der Waals surface area contributed by atoms with E-state index in [1.807, 2.05) is 61.5 Å². The van der Waals surface area contributed by atoms with E-state index in [0.717, 1.165) is 5.75 Å². The number of hydrogen-bond acceptors (Lipinski definition) is 6. The van der Waals surface area contributed by atoms with Gasteiger partial charge in [-0.2, -0.15) is 4.98 Å². The van der Waals surface area contributed by atoms with Gasteiger partial charge in [0.1, 0.15) is 11.8 Å². The molecule has 0 fully saturated rings. The van der Waals surface area contributed by atoms with Gasteiger partial charge < -0.3 is 15.1 Å². The minimum atomic E-state index is -0.560. The van der Waals surface area contributed by atoms with Gasteiger partial charge in [-0.3, -0.25) is 4.79 Å². The quantitative estimate of drug-likeness (QED) is 0.309. The smallest absolute Gasteiger partial charge is 0.256 e. The Morgan fingerprint density at radius 2 is 1.85 bits per heavy atom. The van der Waals surface area contributed by atoms with Gasteiger partial charge in [0, 0.05) is 17.1 Å². The van der Waals surface area contributed by atoms with Crippen molar-refractivity contribution < 1.29 is 9.21 Å². The van der Waals surface area contributed by atoms with E-state index < -0.39 is 6.04 Å². The Kier molecular flexibility index (Phi) is 6.06. The van der Waals surface area contributed by atoms with E-state index in [1.54, 1.807) is 22.5 Å². The molecule has 2 aromatic heterocycles. The Labute approximate surface area is 203 Å². The average Bonchev–Trinajstić information content (AvgIpc) is 3.43. The highest BCUT2D eigenvalue weighted by molar-refractivity contribution is 9.10. The summed E-state index contributed by atoms with van der Waals surface area (Å²) in [5.41, 5.74) is 3.11. The average molecular weight is 522 g/mol. The van der Waals surface area contributed by atoms with E-state index in [9.17, 15) is 4.79 Å². The molecule has 0 radical (unpaired) electrons. The molecule has 2 aromatic carbocycles. The van der Waals surface area contributed by atoms with Crippen molar-refractivity contribution in [2.75, 3.05) is 10.6 Å². The van der Waals surface area contributed by atoms with E-state index in [0.29, 0.717) is 38.5 Å². The molecule has 1 aliphatic heterocycles. The predicted octanol–water partition coefficient (Wildman–Crippen LogP) is 5.85. The fourth-order valence-corrected chi connectivity index (χ4v) is 4.77. The van der Waals surface area contributed by atoms with Crippen molar-refractivity contribution >= 4 is 45.2 Å². The van der Waals surface area contributed by atoms with Crippen LogP contribution in [-0.4, -0.2) is 20.7 Å². The molecule has 166 valence electrons. The molecule has 0 aliphatic carbocycles. The van der Waals surface area contributed by atoms with Crippen molar-refractivity contribution in [1.82, 2.24) is 14.8 Å². The fourth-order valence-electron chi connectivity index (χ4n) is 3.67. The number of rotatable bonds is 6. The summed E-state index contributed by atoms with van der Waals surface area (Å²) in [5, 5.41) is 11.6. The first-order chi connectivity index (χ1) is 16.1. The molecule has 0 saturated carbocycles. The van der Waals surface area contributed by atoms with E-state index in [1.165, 1.54) is 5.56 Å². The zero-order chi connectivity index (χ0) is 22.8. The van der Waals surface area contributed by atoms with Crippen LogP contribution in [0.25, 0.3) is 0 Å². The van der Waals surface area contributed by atoms with Crippen molar-refractivity contribution in [2.24, 2.45) is 0 Å². The minimum absolute atomic E-state index is 0.233. The number of nitrogens with one attached hydrogen (secondary N) is 2. The highest BCUT2D eigenvalue weighted by Gasteiger charge is 2.36. The summed E-state index contributed by atoms with van der Waals surface area (Å²) < 4.78 is 8.17. The maximum Gasteiger partial charge on any atom is 0.256 e. The molecule has 1 atom stereocenters. The van der Waals surface area contributed by atoms with Crippen LogP contribution in [0.2, 0.25) is 0 Å². The lowest BCUT2D eigenvalue weighted by Crippen LogP contribution is -2.31. The monoisotopic (exact) mass is 521 g/mol. The van der Waals surface area contributed by atoms with E-state index >= 15 is 0 Å². The SMILES string of the molecule is CC1=C(C(=O)Nc2ccccc2)C(c2ccc(Br)o2)n2nc(SCc3ccccc3)nc2N1. The number of allylic oxidation sites excluding steroid dienone is 1. The summed E-state index contributed by atoms with van der Waals surface area (Å²) in [6, 6.07) is 22.6. The second kappa shape index (κ2) is 9.29. The summed E-state index contributed by atoms with van der Waals surface area (Å²) in [7, 11) is 0. The maximum atomic E-state index is 13.4. The number of fused-ring (bicyclic) bond motifs is 1. The number of hydrogen-bond donors (Lipinski definition) is 2. The predicted molar refractivity (Wildman–Crippen MR) is 132 cm³/mol. The number of thioether (sulfide) groups is 1. The standard InChI is InChI=1S/C24H20BrN5O2S/c1-15-20(22(31)27-17-10-6-3-7-11-17)21(18-12-13-19(25)32-18)30-23(26-15)28-24(29-30)33-14-16-8-4-2-5-9-16/h2-13,21H,14H2,1H3,(H,27,31)(H,26,28,29).